The van der Waals surface area contributed by atoms with Gasteiger partial charge < -0.3 is 9.88 Å². The molecule has 1 N–H and O–H groups in total. The number of nitrogens with one attached hydrogen (secondary N) is 1. The van der Waals surface area contributed by atoms with E-state index in [0.717, 1.165) is 30.2 Å². The molecule has 3 rings (SSSR count). The Balaban J connectivity index is 1.88. The van der Waals surface area contributed by atoms with E-state index >= 15 is 0 Å². The van der Waals surface area contributed by atoms with Crippen LogP contribution in [-0.4, -0.2) is 48.8 Å². The molecule has 0 radical (unpaired) electrons. The van der Waals surface area contributed by atoms with Gasteiger partial charge in [-0.05, 0) is 36.4 Å². The van der Waals surface area contributed by atoms with Gasteiger partial charge in [-0.1, -0.05) is 18.9 Å². The van der Waals surface area contributed by atoms with E-state index in [1.54, 1.807) is 18.0 Å². The van der Waals surface area contributed by atoms with E-state index in [9.17, 15) is 13.2 Å². The number of carbonyl (C=O) groups excluding carboxylic acids is 1. The summed E-state index contributed by atoms with van der Waals surface area (Å²) in [6, 6.07) is 7.24. The highest BCUT2D eigenvalue weighted by molar-refractivity contribution is 7.91. The highest BCUT2D eigenvalue weighted by Crippen LogP contribution is 2.28. The predicted molar refractivity (Wildman–Crippen MR) is 91.3 cm³/mol. The van der Waals surface area contributed by atoms with Crippen LogP contribution >= 0.6 is 0 Å². The molecule has 1 saturated carbocycles. The van der Waals surface area contributed by atoms with Crippen LogP contribution in [0.4, 0.5) is 0 Å². The summed E-state index contributed by atoms with van der Waals surface area (Å²) in [4.78, 5) is 17.5. The van der Waals surface area contributed by atoms with Gasteiger partial charge in [-0.15, -0.1) is 0 Å². The second-order valence-electron chi connectivity index (χ2n) is 6.42. The SMILES string of the molecule is CN(C(=O)c1ccc2cc[nH]c2c1)C1CCCCC1S(C)(=O)=O. The quantitative estimate of drug-likeness (QED) is 0.938. The van der Waals surface area contributed by atoms with Gasteiger partial charge in [-0.2, -0.15) is 0 Å². The van der Waals surface area contributed by atoms with Crippen molar-refractivity contribution in [3.63, 3.8) is 0 Å². The number of carbonyl (C=O) groups is 1. The summed E-state index contributed by atoms with van der Waals surface area (Å²) in [6.45, 7) is 0. The standard InChI is InChI=1S/C17H22N2O3S/c1-19(15-5-3-4-6-16(15)23(2,21)22)17(20)13-8-7-12-9-10-18-14(12)11-13/h7-11,15-16,18H,3-6H2,1-2H3. The predicted octanol–water partition coefficient (Wildman–Crippen LogP) is 2.60. The number of fused-ring (bicyclic) bond motifs is 1. The molecule has 2 atom stereocenters. The minimum atomic E-state index is -3.16. The van der Waals surface area contributed by atoms with Gasteiger partial charge in [-0.3, -0.25) is 4.79 Å². The fraction of sp³-hybridized carbons (Fsp3) is 0.471. The molecule has 124 valence electrons. The van der Waals surface area contributed by atoms with Crippen molar-refractivity contribution in [2.75, 3.05) is 13.3 Å². The van der Waals surface area contributed by atoms with E-state index in [4.69, 9.17) is 0 Å². The molecule has 0 aliphatic heterocycles. The van der Waals surface area contributed by atoms with Gasteiger partial charge in [0.2, 0.25) is 0 Å². The molecule has 1 amide bonds. The van der Waals surface area contributed by atoms with Crippen molar-refractivity contribution in [2.24, 2.45) is 0 Å². The average Bonchev–Trinajstić information content (AvgIpc) is 3.00. The molecule has 6 heteroatoms. The third-order valence-electron chi connectivity index (χ3n) is 4.84. The average molecular weight is 334 g/mol. The summed E-state index contributed by atoms with van der Waals surface area (Å²) < 4.78 is 24.1. The number of hydrogen-bond acceptors (Lipinski definition) is 3. The number of aromatic amines is 1. The molecule has 1 heterocycles. The first-order valence-corrected chi connectivity index (χ1v) is 9.86. The first-order valence-electron chi connectivity index (χ1n) is 7.91. The van der Waals surface area contributed by atoms with Gasteiger partial charge in [0.15, 0.2) is 9.84 Å². The summed E-state index contributed by atoms with van der Waals surface area (Å²) in [5.41, 5.74) is 1.49. The highest BCUT2D eigenvalue weighted by Gasteiger charge is 2.37. The molecule has 23 heavy (non-hydrogen) atoms. The number of nitrogens with zero attached hydrogens (tertiary/aromatic N) is 1. The van der Waals surface area contributed by atoms with Crippen LogP contribution in [0.1, 0.15) is 36.0 Å². The van der Waals surface area contributed by atoms with Crippen molar-refractivity contribution in [3.8, 4) is 0 Å². The van der Waals surface area contributed by atoms with Gasteiger partial charge in [0.05, 0.1) is 5.25 Å². The number of sulfone groups is 1. The number of H-pyrrole nitrogens is 1. The molecule has 1 aliphatic rings. The van der Waals surface area contributed by atoms with Gasteiger partial charge in [0, 0.05) is 36.6 Å². The van der Waals surface area contributed by atoms with Crippen molar-refractivity contribution in [1.29, 1.82) is 0 Å². The Hall–Kier alpha value is -1.82. The third-order valence-corrected chi connectivity index (χ3v) is 6.49. The van der Waals surface area contributed by atoms with Gasteiger partial charge >= 0.3 is 0 Å². The van der Waals surface area contributed by atoms with Gasteiger partial charge in [0.25, 0.3) is 5.91 Å². The van der Waals surface area contributed by atoms with Crippen molar-refractivity contribution >= 4 is 26.6 Å². The molecule has 2 aromatic rings. The maximum absolute atomic E-state index is 12.8. The molecule has 0 spiro atoms. The molecule has 5 nitrogen and oxygen atoms in total. The Morgan fingerprint density at radius 3 is 2.70 bits per heavy atom. The lowest BCUT2D eigenvalue weighted by Gasteiger charge is -2.37. The first kappa shape index (κ1) is 16.1. The molecule has 0 bridgehead atoms. The zero-order chi connectivity index (χ0) is 16.6. The fourth-order valence-electron chi connectivity index (χ4n) is 3.55. The monoisotopic (exact) mass is 334 g/mol. The number of hydrogen-bond donors (Lipinski definition) is 1. The summed E-state index contributed by atoms with van der Waals surface area (Å²) in [7, 11) is -1.44. The lowest BCUT2D eigenvalue weighted by molar-refractivity contribution is 0.0700. The van der Waals surface area contributed by atoms with E-state index in [2.05, 4.69) is 4.98 Å². The maximum Gasteiger partial charge on any atom is 0.253 e. The van der Waals surface area contributed by atoms with Crippen LogP contribution in [0, 0.1) is 0 Å². The molecular formula is C17H22N2O3S. The van der Waals surface area contributed by atoms with Crippen molar-refractivity contribution < 1.29 is 13.2 Å². The Morgan fingerprint density at radius 1 is 1.22 bits per heavy atom. The van der Waals surface area contributed by atoms with Gasteiger partial charge in [-0.25, -0.2) is 8.42 Å². The van der Waals surface area contributed by atoms with E-state index in [0.29, 0.717) is 12.0 Å². The molecule has 0 saturated heterocycles. The van der Waals surface area contributed by atoms with Crippen LogP contribution in [0.15, 0.2) is 30.5 Å². The van der Waals surface area contributed by atoms with Crippen LogP contribution in [0.5, 0.6) is 0 Å². The van der Waals surface area contributed by atoms with Gasteiger partial charge in [0.1, 0.15) is 0 Å². The normalized spacial score (nSPS) is 22.2. The summed E-state index contributed by atoms with van der Waals surface area (Å²) in [5, 5.41) is 0.593. The highest BCUT2D eigenvalue weighted by atomic mass is 32.2. The summed E-state index contributed by atoms with van der Waals surface area (Å²) in [5.74, 6) is -0.123. The van der Waals surface area contributed by atoms with Crippen LogP contribution in [0.25, 0.3) is 10.9 Å². The zero-order valence-electron chi connectivity index (χ0n) is 13.5. The van der Waals surface area contributed by atoms with Crippen LogP contribution in [-0.2, 0) is 9.84 Å². The Bertz CT molecular complexity index is 825. The Morgan fingerprint density at radius 2 is 1.96 bits per heavy atom. The number of rotatable bonds is 3. The molecule has 1 fully saturated rings. The maximum atomic E-state index is 12.8. The second kappa shape index (κ2) is 6.00. The Kier molecular flexibility index (Phi) is 4.19. The van der Waals surface area contributed by atoms with Crippen molar-refractivity contribution in [2.45, 2.75) is 37.0 Å². The lowest BCUT2D eigenvalue weighted by atomic mass is 9.93. The minimum absolute atomic E-state index is 0.123. The van der Waals surface area contributed by atoms with Crippen molar-refractivity contribution in [1.82, 2.24) is 9.88 Å². The van der Waals surface area contributed by atoms with Crippen LogP contribution in [0.2, 0.25) is 0 Å². The first-order chi connectivity index (χ1) is 10.9. The molecule has 1 aromatic carbocycles. The lowest BCUT2D eigenvalue weighted by Crippen LogP contribution is -2.49. The van der Waals surface area contributed by atoms with E-state index in [1.807, 2.05) is 24.4 Å². The van der Waals surface area contributed by atoms with Crippen LogP contribution in [0.3, 0.4) is 0 Å². The molecule has 2 unspecified atom stereocenters. The van der Waals surface area contributed by atoms with Crippen molar-refractivity contribution in [3.05, 3.63) is 36.0 Å². The summed E-state index contributed by atoms with van der Waals surface area (Å²) in [6.07, 6.45) is 6.36. The largest absolute Gasteiger partial charge is 0.361 e. The third kappa shape index (κ3) is 3.13. The molecule has 1 aliphatic carbocycles. The van der Waals surface area contributed by atoms with E-state index in [1.165, 1.54) is 6.26 Å². The van der Waals surface area contributed by atoms with E-state index < -0.39 is 15.1 Å². The van der Waals surface area contributed by atoms with Crippen LogP contribution < -0.4 is 0 Å². The zero-order valence-corrected chi connectivity index (χ0v) is 14.3. The minimum Gasteiger partial charge on any atom is -0.361 e. The topological polar surface area (TPSA) is 70.2 Å². The number of amides is 1. The second-order valence-corrected chi connectivity index (χ2v) is 8.68. The molecular weight excluding hydrogens is 312 g/mol. The fourth-order valence-corrected chi connectivity index (χ4v) is 5.04. The summed E-state index contributed by atoms with van der Waals surface area (Å²) >= 11 is 0. The smallest absolute Gasteiger partial charge is 0.253 e. The number of benzene rings is 1. The molecule has 1 aromatic heterocycles. The van der Waals surface area contributed by atoms with E-state index in [-0.39, 0.29) is 11.9 Å². The number of aromatic nitrogens is 1. The Labute approximate surface area is 136 Å².